The molecule has 29 heavy (non-hydrogen) atoms. The number of hydrogen-bond donors (Lipinski definition) is 1. The van der Waals surface area contributed by atoms with Crippen LogP contribution in [0.15, 0.2) is 78.5 Å². The van der Waals surface area contributed by atoms with Crippen molar-refractivity contribution in [3.05, 3.63) is 101 Å². The van der Waals surface area contributed by atoms with Gasteiger partial charge in [-0.25, -0.2) is 13.7 Å². The minimum atomic E-state index is -0.990. The number of amides is 2. The highest BCUT2D eigenvalue weighted by Crippen LogP contribution is 2.35. The first kappa shape index (κ1) is 18.6. The van der Waals surface area contributed by atoms with Gasteiger partial charge in [-0.15, -0.1) is 0 Å². The molecule has 6 heteroatoms. The fourth-order valence-electron chi connectivity index (χ4n) is 3.18. The average molecular weight is 390 g/mol. The lowest BCUT2D eigenvalue weighted by Gasteiger charge is -2.16. The smallest absolute Gasteiger partial charge is 0.282 e. The van der Waals surface area contributed by atoms with E-state index >= 15 is 0 Å². The maximum absolute atomic E-state index is 14.4. The summed E-state index contributed by atoms with van der Waals surface area (Å²) in [6.07, 6.45) is 0. The van der Waals surface area contributed by atoms with Gasteiger partial charge in [-0.05, 0) is 36.8 Å². The number of aryl methyl sites for hydroxylation is 1. The topological polar surface area (TPSA) is 49.4 Å². The molecule has 0 aliphatic carbocycles. The third-order valence-electron chi connectivity index (χ3n) is 4.62. The molecule has 1 N–H and O–H groups in total. The number of anilines is 2. The predicted octanol–water partition coefficient (Wildman–Crippen LogP) is 4.67. The number of nitrogens with one attached hydrogen (secondary N) is 1. The fraction of sp³-hybridized carbons (Fsp3) is 0.0435. The van der Waals surface area contributed by atoms with E-state index in [2.05, 4.69) is 5.32 Å². The lowest BCUT2D eigenvalue weighted by Crippen LogP contribution is -2.33. The van der Waals surface area contributed by atoms with Crippen molar-refractivity contribution in [2.45, 2.75) is 6.92 Å². The van der Waals surface area contributed by atoms with Gasteiger partial charge in [-0.1, -0.05) is 48.0 Å². The summed E-state index contributed by atoms with van der Waals surface area (Å²) in [5, 5.41) is 2.99. The van der Waals surface area contributed by atoms with E-state index in [1.807, 2.05) is 25.1 Å². The Hall–Kier alpha value is -3.80. The first-order valence-electron chi connectivity index (χ1n) is 8.93. The van der Waals surface area contributed by atoms with Crippen molar-refractivity contribution in [1.29, 1.82) is 0 Å². The van der Waals surface area contributed by atoms with Crippen LogP contribution >= 0.6 is 0 Å². The molecule has 0 fully saturated rings. The van der Waals surface area contributed by atoms with Crippen molar-refractivity contribution in [1.82, 2.24) is 0 Å². The van der Waals surface area contributed by atoms with Gasteiger partial charge in [0.15, 0.2) is 0 Å². The number of imide groups is 1. The highest BCUT2D eigenvalue weighted by molar-refractivity contribution is 6.46. The van der Waals surface area contributed by atoms with E-state index < -0.39 is 23.4 Å². The van der Waals surface area contributed by atoms with Crippen LogP contribution in [-0.2, 0) is 9.59 Å². The van der Waals surface area contributed by atoms with Gasteiger partial charge in [0.05, 0.1) is 11.3 Å². The summed E-state index contributed by atoms with van der Waals surface area (Å²) < 4.78 is 27.7. The molecule has 3 aromatic rings. The highest BCUT2D eigenvalue weighted by atomic mass is 19.1. The molecule has 144 valence electrons. The standard InChI is InChI=1S/C23H16F2N2O2/c1-14-7-9-15(10-8-14)20-21(26-17-5-3-2-4-6-17)23(29)27(22(20)28)19-12-11-16(24)13-18(19)25/h2-13,26H,1H3. The molecule has 0 saturated heterocycles. The first-order valence-corrected chi connectivity index (χ1v) is 8.93. The molecule has 2 amide bonds. The van der Waals surface area contributed by atoms with E-state index in [1.54, 1.807) is 36.4 Å². The Morgan fingerprint density at radius 2 is 1.52 bits per heavy atom. The van der Waals surface area contributed by atoms with Crippen LogP contribution in [0.5, 0.6) is 0 Å². The molecule has 0 saturated carbocycles. The molecule has 1 aliphatic rings. The Morgan fingerprint density at radius 1 is 0.828 bits per heavy atom. The molecule has 0 atom stereocenters. The van der Waals surface area contributed by atoms with Gasteiger partial charge in [0.25, 0.3) is 11.8 Å². The summed E-state index contributed by atoms with van der Waals surface area (Å²) in [5.41, 5.74) is 1.99. The van der Waals surface area contributed by atoms with Gasteiger partial charge < -0.3 is 5.32 Å². The number of para-hydroxylation sites is 1. The summed E-state index contributed by atoms with van der Waals surface area (Å²) in [6.45, 7) is 1.91. The maximum Gasteiger partial charge on any atom is 0.282 e. The van der Waals surface area contributed by atoms with Crippen LogP contribution in [-0.4, -0.2) is 11.8 Å². The monoisotopic (exact) mass is 390 g/mol. The molecule has 0 aromatic heterocycles. The third kappa shape index (κ3) is 3.40. The minimum Gasteiger partial charge on any atom is -0.350 e. The SMILES string of the molecule is Cc1ccc(C2=C(Nc3ccccc3)C(=O)N(c3ccc(F)cc3F)C2=O)cc1. The van der Waals surface area contributed by atoms with Crippen LogP contribution < -0.4 is 10.2 Å². The second kappa shape index (κ2) is 7.31. The molecule has 1 heterocycles. The molecule has 0 spiro atoms. The zero-order chi connectivity index (χ0) is 20.5. The van der Waals surface area contributed by atoms with Crippen LogP contribution in [0.3, 0.4) is 0 Å². The Balaban J connectivity index is 1.84. The van der Waals surface area contributed by atoms with Crippen molar-refractivity contribution >= 4 is 28.8 Å². The Labute approximate surface area is 166 Å². The van der Waals surface area contributed by atoms with Gasteiger partial charge >= 0.3 is 0 Å². The second-order valence-electron chi connectivity index (χ2n) is 6.65. The van der Waals surface area contributed by atoms with Crippen LogP contribution in [0, 0.1) is 18.6 Å². The summed E-state index contributed by atoms with van der Waals surface area (Å²) in [7, 11) is 0. The van der Waals surface area contributed by atoms with Gasteiger partial charge in [-0.2, -0.15) is 0 Å². The number of benzene rings is 3. The number of carbonyl (C=O) groups excluding carboxylic acids is 2. The summed E-state index contributed by atoms with van der Waals surface area (Å²) >= 11 is 0. The van der Waals surface area contributed by atoms with E-state index in [1.165, 1.54) is 0 Å². The Morgan fingerprint density at radius 3 is 2.17 bits per heavy atom. The Kier molecular flexibility index (Phi) is 4.68. The van der Waals surface area contributed by atoms with Crippen molar-refractivity contribution in [2.24, 2.45) is 0 Å². The van der Waals surface area contributed by atoms with Gasteiger partial charge in [0, 0.05) is 11.8 Å². The number of hydrogen-bond acceptors (Lipinski definition) is 3. The lowest BCUT2D eigenvalue weighted by atomic mass is 10.0. The number of carbonyl (C=O) groups is 2. The fourth-order valence-corrected chi connectivity index (χ4v) is 3.18. The van der Waals surface area contributed by atoms with E-state index in [9.17, 15) is 18.4 Å². The van der Waals surface area contributed by atoms with Crippen LogP contribution in [0.2, 0.25) is 0 Å². The minimum absolute atomic E-state index is 0.0359. The quantitative estimate of drug-likeness (QED) is 0.659. The number of rotatable bonds is 4. The average Bonchev–Trinajstić information content (AvgIpc) is 2.94. The summed E-state index contributed by atoms with van der Waals surface area (Å²) in [4.78, 5) is 27.1. The zero-order valence-electron chi connectivity index (χ0n) is 15.4. The molecule has 4 nitrogen and oxygen atoms in total. The maximum atomic E-state index is 14.4. The molecular formula is C23H16F2N2O2. The normalized spacial score (nSPS) is 14.0. The van der Waals surface area contributed by atoms with Gasteiger partial charge in [0.2, 0.25) is 0 Å². The van der Waals surface area contributed by atoms with E-state index in [-0.39, 0.29) is 17.0 Å². The molecule has 3 aromatic carbocycles. The van der Waals surface area contributed by atoms with Crippen molar-refractivity contribution in [3.63, 3.8) is 0 Å². The molecule has 4 rings (SSSR count). The molecule has 1 aliphatic heterocycles. The summed E-state index contributed by atoms with van der Waals surface area (Å²) in [6, 6.07) is 18.7. The van der Waals surface area contributed by atoms with Gasteiger partial charge in [0.1, 0.15) is 17.3 Å². The molecule has 0 radical (unpaired) electrons. The van der Waals surface area contributed by atoms with Crippen molar-refractivity contribution in [2.75, 3.05) is 10.2 Å². The molecule has 0 unspecified atom stereocenters. The molecule has 0 bridgehead atoms. The molecular weight excluding hydrogens is 374 g/mol. The van der Waals surface area contributed by atoms with Crippen LogP contribution in [0.4, 0.5) is 20.2 Å². The van der Waals surface area contributed by atoms with E-state index in [4.69, 9.17) is 0 Å². The van der Waals surface area contributed by atoms with Gasteiger partial charge in [-0.3, -0.25) is 9.59 Å². The van der Waals surface area contributed by atoms with Crippen molar-refractivity contribution in [3.8, 4) is 0 Å². The van der Waals surface area contributed by atoms with Crippen LogP contribution in [0.25, 0.3) is 5.57 Å². The van der Waals surface area contributed by atoms with E-state index in [0.29, 0.717) is 17.3 Å². The predicted molar refractivity (Wildman–Crippen MR) is 107 cm³/mol. The first-order chi connectivity index (χ1) is 14.0. The third-order valence-corrected chi connectivity index (χ3v) is 4.62. The Bertz CT molecular complexity index is 1140. The second-order valence-corrected chi connectivity index (χ2v) is 6.65. The van der Waals surface area contributed by atoms with E-state index in [0.717, 1.165) is 22.6 Å². The lowest BCUT2D eigenvalue weighted by molar-refractivity contribution is -0.120. The highest BCUT2D eigenvalue weighted by Gasteiger charge is 2.41. The van der Waals surface area contributed by atoms with Crippen LogP contribution in [0.1, 0.15) is 11.1 Å². The largest absolute Gasteiger partial charge is 0.350 e. The zero-order valence-corrected chi connectivity index (χ0v) is 15.4. The number of nitrogens with zero attached hydrogens (tertiary/aromatic N) is 1. The summed E-state index contributed by atoms with van der Waals surface area (Å²) in [5.74, 6) is -3.17. The number of halogens is 2. The van der Waals surface area contributed by atoms with Crippen molar-refractivity contribution < 1.29 is 18.4 Å².